The summed E-state index contributed by atoms with van der Waals surface area (Å²) < 4.78 is 6.09. The van der Waals surface area contributed by atoms with E-state index in [1.807, 2.05) is 12.1 Å². The van der Waals surface area contributed by atoms with Crippen LogP contribution in [0.4, 0.5) is 0 Å². The minimum absolute atomic E-state index is 0.137. The van der Waals surface area contributed by atoms with Gasteiger partial charge in [-0.1, -0.05) is 32.3 Å². The molecule has 4 rings (SSSR count). The monoisotopic (exact) mass is 539 g/mol. The quantitative estimate of drug-likeness (QED) is 0.235. The molecule has 1 heterocycles. The Morgan fingerprint density at radius 1 is 1.13 bits per heavy atom. The van der Waals surface area contributed by atoms with E-state index in [9.17, 15) is 14.4 Å². The molecular weight excluding hydrogens is 490 g/mol. The van der Waals surface area contributed by atoms with E-state index in [2.05, 4.69) is 24.5 Å². The summed E-state index contributed by atoms with van der Waals surface area (Å²) in [5.74, 6) is 3.20. The Morgan fingerprint density at radius 3 is 2.56 bits per heavy atom. The molecule has 0 saturated heterocycles. The zero-order chi connectivity index (χ0) is 27.8. The van der Waals surface area contributed by atoms with E-state index in [0.29, 0.717) is 30.7 Å². The van der Waals surface area contributed by atoms with Crippen LogP contribution in [-0.4, -0.2) is 54.8 Å². The molecule has 2 amide bonds. The Kier molecular flexibility index (Phi) is 10.4. The largest absolute Gasteiger partial charge is 0.493 e. The lowest BCUT2D eigenvalue weighted by Crippen LogP contribution is -2.50. The van der Waals surface area contributed by atoms with Gasteiger partial charge in [0, 0.05) is 30.1 Å². The number of amides is 2. The highest BCUT2D eigenvalue weighted by atomic mass is 16.5. The molecule has 1 aliphatic heterocycles. The van der Waals surface area contributed by atoms with Gasteiger partial charge in [0.05, 0.1) is 19.2 Å². The highest BCUT2D eigenvalue weighted by Crippen LogP contribution is 2.46. The van der Waals surface area contributed by atoms with Crippen LogP contribution in [0.25, 0.3) is 0 Å². The van der Waals surface area contributed by atoms with Crippen molar-refractivity contribution in [3.05, 3.63) is 29.3 Å². The van der Waals surface area contributed by atoms with Crippen LogP contribution in [0.2, 0.25) is 0 Å². The summed E-state index contributed by atoms with van der Waals surface area (Å²) in [6, 6.07) is 4.92. The Labute approximate surface area is 234 Å². The zero-order valence-electron chi connectivity index (χ0n) is 24.3. The van der Waals surface area contributed by atoms with Gasteiger partial charge in [-0.2, -0.15) is 0 Å². The zero-order valence-corrected chi connectivity index (χ0v) is 24.3. The molecule has 7 nitrogen and oxygen atoms in total. The summed E-state index contributed by atoms with van der Waals surface area (Å²) in [4.78, 5) is 37.8. The van der Waals surface area contributed by atoms with Crippen molar-refractivity contribution in [2.45, 2.75) is 109 Å². The predicted octanol–water partition coefficient (Wildman–Crippen LogP) is 5.26. The fourth-order valence-electron chi connectivity index (χ4n) is 7.49. The average molecular weight is 540 g/mol. The van der Waals surface area contributed by atoms with E-state index in [1.54, 1.807) is 18.0 Å². The first-order valence-corrected chi connectivity index (χ1v) is 15.3. The van der Waals surface area contributed by atoms with E-state index in [4.69, 9.17) is 4.74 Å². The van der Waals surface area contributed by atoms with Crippen LogP contribution in [0, 0.1) is 17.8 Å². The minimum Gasteiger partial charge on any atom is -0.493 e. The normalized spacial score (nSPS) is 26.7. The first-order chi connectivity index (χ1) is 18.8. The smallest absolute Gasteiger partial charge is 0.255 e. The molecule has 39 heavy (non-hydrogen) atoms. The molecule has 0 radical (unpaired) electrons. The van der Waals surface area contributed by atoms with Gasteiger partial charge in [-0.25, -0.2) is 0 Å². The van der Waals surface area contributed by atoms with Crippen LogP contribution < -0.4 is 15.4 Å². The van der Waals surface area contributed by atoms with Gasteiger partial charge in [-0.3, -0.25) is 9.59 Å². The standard InChI is InChI=1S/C32H49N3O4/c1-23-16-24-18-25(17-23)20-32(2,19-24)34-14-7-5-4-6-8-15-39-29-11-9-10-27-28(29)21-35(31(27)38)26(22-36)12-13-30(37)33-3/h9-11,22-26,34H,4-8,12-21H2,1-3H3,(H,33,37). The Balaban J connectivity index is 1.12. The number of hydrogen-bond acceptors (Lipinski definition) is 5. The molecule has 2 fully saturated rings. The van der Waals surface area contributed by atoms with Crippen molar-refractivity contribution >= 4 is 18.1 Å². The van der Waals surface area contributed by atoms with E-state index in [1.165, 1.54) is 51.4 Å². The van der Waals surface area contributed by atoms with Crippen molar-refractivity contribution in [1.82, 2.24) is 15.5 Å². The molecule has 3 atom stereocenters. The number of fused-ring (bicyclic) bond motifs is 3. The Bertz CT molecular complexity index is 978. The molecule has 0 aromatic heterocycles. The highest BCUT2D eigenvalue weighted by Gasteiger charge is 2.40. The molecule has 2 aliphatic carbocycles. The second kappa shape index (κ2) is 13.8. The van der Waals surface area contributed by atoms with Gasteiger partial charge in [0.2, 0.25) is 5.91 Å². The third kappa shape index (κ3) is 7.84. The van der Waals surface area contributed by atoms with E-state index < -0.39 is 6.04 Å². The summed E-state index contributed by atoms with van der Waals surface area (Å²) in [5.41, 5.74) is 1.77. The number of nitrogens with zero attached hydrogens (tertiary/aromatic N) is 1. The molecule has 2 N–H and O–H groups in total. The van der Waals surface area contributed by atoms with Gasteiger partial charge >= 0.3 is 0 Å². The van der Waals surface area contributed by atoms with Crippen molar-refractivity contribution in [3.63, 3.8) is 0 Å². The van der Waals surface area contributed by atoms with Crippen LogP contribution in [0.5, 0.6) is 5.75 Å². The lowest BCUT2D eigenvalue weighted by molar-refractivity contribution is -0.121. The fraction of sp³-hybridized carbons (Fsp3) is 0.719. The van der Waals surface area contributed by atoms with Gasteiger partial charge in [-0.05, 0) is 94.7 Å². The Morgan fingerprint density at radius 2 is 1.85 bits per heavy atom. The predicted molar refractivity (Wildman–Crippen MR) is 154 cm³/mol. The van der Waals surface area contributed by atoms with E-state index in [0.717, 1.165) is 54.7 Å². The maximum Gasteiger partial charge on any atom is 0.255 e. The molecule has 1 aromatic rings. The van der Waals surface area contributed by atoms with Crippen molar-refractivity contribution < 1.29 is 19.1 Å². The maximum atomic E-state index is 13.0. The number of nitrogens with one attached hydrogen (secondary N) is 2. The number of unbranched alkanes of at least 4 members (excludes halogenated alkanes) is 4. The minimum atomic E-state index is -0.617. The van der Waals surface area contributed by atoms with Crippen molar-refractivity contribution in [1.29, 1.82) is 0 Å². The topological polar surface area (TPSA) is 87.7 Å². The number of ether oxygens (including phenoxy) is 1. The van der Waals surface area contributed by atoms with Gasteiger partial charge in [0.25, 0.3) is 5.91 Å². The van der Waals surface area contributed by atoms with Gasteiger partial charge in [0.1, 0.15) is 12.0 Å². The van der Waals surface area contributed by atoms with Gasteiger partial charge < -0.3 is 25.1 Å². The van der Waals surface area contributed by atoms with E-state index in [-0.39, 0.29) is 18.2 Å². The molecular formula is C32H49N3O4. The van der Waals surface area contributed by atoms with Crippen LogP contribution in [-0.2, 0) is 16.1 Å². The van der Waals surface area contributed by atoms with Crippen molar-refractivity contribution in [3.8, 4) is 5.75 Å². The summed E-state index contributed by atoms with van der Waals surface area (Å²) in [7, 11) is 1.57. The number of carbonyl (C=O) groups excluding carboxylic acids is 3. The van der Waals surface area contributed by atoms with Gasteiger partial charge in [0.15, 0.2) is 0 Å². The lowest BCUT2D eigenvalue weighted by atomic mass is 9.62. The third-order valence-electron chi connectivity index (χ3n) is 9.20. The number of hydrogen-bond donors (Lipinski definition) is 2. The van der Waals surface area contributed by atoms with Crippen LogP contribution in [0.15, 0.2) is 18.2 Å². The van der Waals surface area contributed by atoms with Crippen LogP contribution in [0.1, 0.15) is 107 Å². The SMILES string of the molecule is CNC(=O)CCC(C=O)N1Cc2c(OCCCCCCCNC3(C)CC4CC(C)CC(C4)C3)cccc2C1=O. The molecule has 3 aliphatic rings. The maximum absolute atomic E-state index is 13.0. The molecule has 0 spiro atoms. The van der Waals surface area contributed by atoms with Crippen LogP contribution in [0.3, 0.4) is 0 Å². The first kappa shape index (κ1) is 29.6. The Hall–Kier alpha value is -2.41. The molecule has 2 saturated carbocycles. The number of carbonyl (C=O) groups is 3. The van der Waals surface area contributed by atoms with E-state index >= 15 is 0 Å². The summed E-state index contributed by atoms with van der Waals surface area (Å²) in [5, 5.41) is 6.49. The lowest BCUT2D eigenvalue weighted by Gasteiger charge is -2.47. The molecule has 7 heteroatoms. The number of rotatable bonds is 15. The van der Waals surface area contributed by atoms with Gasteiger partial charge in [-0.15, -0.1) is 0 Å². The number of benzene rings is 1. The molecule has 1 aromatic carbocycles. The average Bonchev–Trinajstić information content (AvgIpc) is 3.24. The summed E-state index contributed by atoms with van der Waals surface area (Å²) in [6.45, 7) is 6.97. The van der Waals surface area contributed by atoms with Crippen LogP contribution >= 0.6 is 0 Å². The molecule has 2 bridgehead atoms. The van der Waals surface area contributed by atoms with Crippen molar-refractivity contribution in [2.24, 2.45) is 17.8 Å². The fourth-order valence-corrected chi connectivity index (χ4v) is 7.49. The highest BCUT2D eigenvalue weighted by molar-refractivity contribution is 6.00. The van der Waals surface area contributed by atoms with Crippen molar-refractivity contribution in [2.75, 3.05) is 20.2 Å². The molecule has 216 valence electrons. The molecule has 3 unspecified atom stereocenters. The third-order valence-corrected chi connectivity index (χ3v) is 9.20. The second-order valence-electron chi connectivity index (χ2n) is 12.7. The second-order valence-corrected chi connectivity index (χ2v) is 12.7. The first-order valence-electron chi connectivity index (χ1n) is 15.3. The number of aldehydes is 1. The summed E-state index contributed by atoms with van der Waals surface area (Å²) >= 11 is 0. The summed E-state index contributed by atoms with van der Waals surface area (Å²) in [6.07, 6.45) is 14.1.